The van der Waals surface area contributed by atoms with Gasteiger partial charge in [-0.05, 0) is 41.7 Å². The Balaban J connectivity index is 1.23. The third-order valence-corrected chi connectivity index (χ3v) is 7.25. The van der Waals surface area contributed by atoms with Crippen molar-refractivity contribution in [2.45, 2.75) is 51.4 Å². The van der Waals surface area contributed by atoms with E-state index in [2.05, 4.69) is 0 Å². The minimum atomic E-state index is -0.875. The molecule has 0 aromatic heterocycles. The van der Waals surface area contributed by atoms with Gasteiger partial charge in [0.1, 0.15) is 5.75 Å². The van der Waals surface area contributed by atoms with E-state index in [1.807, 2.05) is 24.3 Å². The highest BCUT2D eigenvalue weighted by molar-refractivity contribution is 5.94. The topological polar surface area (TPSA) is 87.2 Å². The summed E-state index contributed by atoms with van der Waals surface area (Å²) >= 11 is 0. The average molecular weight is 493 g/mol. The van der Waals surface area contributed by atoms with Crippen LogP contribution >= 0.6 is 0 Å². The standard InChI is InChI=1S/C29H36N2O5/c32-27(19-23-9-11-24(12-10-23)20-28(33)34)30-14-16-31(17-15-30)29(35)25-7-4-8-26(21-25)36-18-13-22-5-2-1-3-6-22/h4,7-12,21-22H,1-3,5-6,13-20H2,(H,33,34). The minimum absolute atomic E-state index is 0.0152. The number of piperazine rings is 1. The maximum Gasteiger partial charge on any atom is 0.307 e. The summed E-state index contributed by atoms with van der Waals surface area (Å²) in [5.74, 6) is 0.606. The zero-order valence-electron chi connectivity index (χ0n) is 20.9. The number of carbonyl (C=O) groups excluding carboxylic acids is 2. The number of benzene rings is 2. The number of amides is 2. The third-order valence-electron chi connectivity index (χ3n) is 7.25. The lowest BCUT2D eigenvalue weighted by Crippen LogP contribution is -2.51. The lowest BCUT2D eigenvalue weighted by molar-refractivity contribution is -0.136. The van der Waals surface area contributed by atoms with Gasteiger partial charge >= 0.3 is 5.97 Å². The van der Waals surface area contributed by atoms with Gasteiger partial charge in [0.05, 0.1) is 19.4 Å². The summed E-state index contributed by atoms with van der Waals surface area (Å²) < 4.78 is 5.97. The molecule has 0 spiro atoms. The van der Waals surface area contributed by atoms with Crippen LogP contribution in [0.4, 0.5) is 0 Å². The molecule has 0 radical (unpaired) electrons. The van der Waals surface area contributed by atoms with Gasteiger partial charge in [-0.3, -0.25) is 14.4 Å². The molecule has 2 fully saturated rings. The van der Waals surface area contributed by atoms with Crippen molar-refractivity contribution in [1.29, 1.82) is 0 Å². The molecular formula is C29H36N2O5. The van der Waals surface area contributed by atoms with E-state index in [4.69, 9.17) is 9.84 Å². The number of carboxylic acids is 1. The van der Waals surface area contributed by atoms with Crippen LogP contribution in [-0.4, -0.2) is 65.5 Å². The van der Waals surface area contributed by atoms with Crippen molar-refractivity contribution in [2.24, 2.45) is 5.92 Å². The van der Waals surface area contributed by atoms with Gasteiger partial charge in [0.15, 0.2) is 0 Å². The van der Waals surface area contributed by atoms with Crippen LogP contribution in [0.25, 0.3) is 0 Å². The van der Waals surface area contributed by atoms with Crippen molar-refractivity contribution in [3.05, 3.63) is 65.2 Å². The molecule has 2 amide bonds. The monoisotopic (exact) mass is 492 g/mol. The summed E-state index contributed by atoms with van der Waals surface area (Å²) in [6, 6.07) is 14.5. The second-order valence-corrected chi connectivity index (χ2v) is 9.91. The summed E-state index contributed by atoms with van der Waals surface area (Å²) in [4.78, 5) is 40.2. The molecule has 192 valence electrons. The zero-order chi connectivity index (χ0) is 25.3. The van der Waals surface area contributed by atoms with Crippen LogP contribution in [0.2, 0.25) is 0 Å². The van der Waals surface area contributed by atoms with E-state index in [-0.39, 0.29) is 24.7 Å². The van der Waals surface area contributed by atoms with Crippen molar-refractivity contribution < 1.29 is 24.2 Å². The molecular weight excluding hydrogens is 456 g/mol. The lowest BCUT2D eigenvalue weighted by Gasteiger charge is -2.35. The van der Waals surface area contributed by atoms with Gasteiger partial charge in [0.2, 0.25) is 5.91 Å². The fraction of sp³-hybridized carbons (Fsp3) is 0.483. The Morgan fingerprint density at radius 3 is 2.14 bits per heavy atom. The van der Waals surface area contributed by atoms with Gasteiger partial charge in [-0.1, -0.05) is 62.4 Å². The fourth-order valence-electron chi connectivity index (χ4n) is 5.12. The number of hydrogen-bond donors (Lipinski definition) is 1. The molecule has 36 heavy (non-hydrogen) atoms. The maximum atomic E-state index is 13.1. The van der Waals surface area contributed by atoms with E-state index in [0.29, 0.717) is 43.9 Å². The summed E-state index contributed by atoms with van der Waals surface area (Å²) in [5.41, 5.74) is 2.18. The first-order valence-corrected chi connectivity index (χ1v) is 13.1. The Labute approximate surface area is 213 Å². The predicted octanol–water partition coefficient (Wildman–Crippen LogP) is 4.19. The minimum Gasteiger partial charge on any atom is -0.494 e. The molecule has 0 bridgehead atoms. The Morgan fingerprint density at radius 1 is 0.833 bits per heavy atom. The number of rotatable bonds is 9. The highest BCUT2D eigenvalue weighted by Gasteiger charge is 2.25. The van der Waals surface area contributed by atoms with Gasteiger partial charge in [0, 0.05) is 31.7 Å². The van der Waals surface area contributed by atoms with Gasteiger partial charge in [-0.2, -0.15) is 0 Å². The van der Waals surface area contributed by atoms with E-state index < -0.39 is 5.97 Å². The summed E-state index contributed by atoms with van der Waals surface area (Å²) in [6.07, 6.45) is 7.92. The van der Waals surface area contributed by atoms with E-state index in [1.54, 1.807) is 34.1 Å². The Kier molecular flexibility index (Phi) is 8.98. The Hall–Kier alpha value is -3.35. The molecule has 1 heterocycles. The lowest BCUT2D eigenvalue weighted by atomic mass is 9.87. The van der Waals surface area contributed by atoms with Crippen LogP contribution in [0.3, 0.4) is 0 Å². The number of carbonyl (C=O) groups is 3. The first kappa shape index (κ1) is 25.7. The smallest absolute Gasteiger partial charge is 0.307 e. The molecule has 7 heteroatoms. The molecule has 0 unspecified atom stereocenters. The van der Waals surface area contributed by atoms with E-state index in [1.165, 1.54) is 32.1 Å². The third kappa shape index (κ3) is 7.33. The number of hydrogen-bond acceptors (Lipinski definition) is 4. The maximum absolute atomic E-state index is 13.1. The van der Waals surface area contributed by atoms with Gasteiger partial charge in [0.25, 0.3) is 5.91 Å². The molecule has 1 aliphatic heterocycles. The predicted molar refractivity (Wildman–Crippen MR) is 137 cm³/mol. The molecule has 2 aromatic rings. The van der Waals surface area contributed by atoms with E-state index in [0.717, 1.165) is 23.7 Å². The van der Waals surface area contributed by atoms with Gasteiger partial charge < -0.3 is 19.6 Å². The fourth-order valence-corrected chi connectivity index (χ4v) is 5.12. The molecule has 7 nitrogen and oxygen atoms in total. The van der Waals surface area contributed by atoms with Crippen LogP contribution in [0.1, 0.15) is 60.0 Å². The van der Waals surface area contributed by atoms with Crippen LogP contribution in [0, 0.1) is 5.92 Å². The van der Waals surface area contributed by atoms with Crippen LogP contribution < -0.4 is 4.74 Å². The molecule has 0 atom stereocenters. The summed E-state index contributed by atoms with van der Waals surface area (Å²) in [5, 5.41) is 8.88. The second-order valence-electron chi connectivity index (χ2n) is 9.91. The van der Waals surface area contributed by atoms with Gasteiger partial charge in [-0.25, -0.2) is 0 Å². The number of carboxylic acid groups (broad SMARTS) is 1. The molecule has 1 N–H and O–H groups in total. The molecule has 2 aliphatic rings. The second kappa shape index (κ2) is 12.6. The van der Waals surface area contributed by atoms with Crippen molar-refractivity contribution in [3.8, 4) is 5.75 Å². The highest BCUT2D eigenvalue weighted by atomic mass is 16.5. The molecule has 4 rings (SSSR count). The van der Waals surface area contributed by atoms with Crippen LogP contribution in [0.15, 0.2) is 48.5 Å². The van der Waals surface area contributed by atoms with Crippen molar-refractivity contribution in [1.82, 2.24) is 9.80 Å². The molecule has 2 aromatic carbocycles. The molecule has 1 aliphatic carbocycles. The normalized spacial score (nSPS) is 16.6. The van der Waals surface area contributed by atoms with Gasteiger partial charge in [-0.15, -0.1) is 0 Å². The number of ether oxygens (including phenoxy) is 1. The summed E-state index contributed by atoms with van der Waals surface area (Å²) in [7, 11) is 0. The SMILES string of the molecule is O=C(O)Cc1ccc(CC(=O)N2CCN(C(=O)c3cccc(OCCC4CCCCC4)c3)CC2)cc1. The van der Waals surface area contributed by atoms with Crippen molar-refractivity contribution in [2.75, 3.05) is 32.8 Å². The quantitative estimate of drug-likeness (QED) is 0.567. The average Bonchev–Trinajstić information content (AvgIpc) is 2.90. The van der Waals surface area contributed by atoms with E-state index in [9.17, 15) is 14.4 Å². The largest absolute Gasteiger partial charge is 0.494 e. The Bertz CT molecular complexity index is 1040. The highest BCUT2D eigenvalue weighted by Crippen LogP contribution is 2.26. The number of aliphatic carboxylic acids is 1. The zero-order valence-corrected chi connectivity index (χ0v) is 20.9. The first-order chi connectivity index (χ1) is 17.5. The van der Waals surface area contributed by atoms with Crippen molar-refractivity contribution >= 4 is 17.8 Å². The molecule has 1 saturated heterocycles. The van der Waals surface area contributed by atoms with E-state index >= 15 is 0 Å². The Morgan fingerprint density at radius 2 is 1.47 bits per heavy atom. The number of nitrogens with zero attached hydrogens (tertiary/aromatic N) is 2. The van der Waals surface area contributed by atoms with Crippen molar-refractivity contribution in [3.63, 3.8) is 0 Å². The first-order valence-electron chi connectivity index (χ1n) is 13.1. The van der Waals surface area contributed by atoms with Crippen LogP contribution in [-0.2, 0) is 22.4 Å². The van der Waals surface area contributed by atoms with Crippen LogP contribution in [0.5, 0.6) is 5.75 Å². The summed E-state index contributed by atoms with van der Waals surface area (Å²) in [6.45, 7) is 2.67. The molecule has 1 saturated carbocycles.